The van der Waals surface area contributed by atoms with Crippen LogP contribution in [-0.2, 0) is 4.79 Å². The Morgan fingerprint density at radius 1 is 1.33 bits per heavy atom. The maximum atomic E-state index is 11.0. The molecule has 0 atom stereocenters. The average molecular weight is 162 g/mol. The molecule has 0 radical (unpaired) electrons. The Morgan fingerprint density at radius 3 is 2.42 bits per heavy atom. The summed E-state index contributed by atoms with van der Waals surface area (Å²) < 4.78 is 0. The second-order valence-corrected chi connectivity index (χ2v) is 2.32. The van der Waals surface area contributed by atoms with Gasteiger partial charge in [-0.3, -0.25) is 10.2 Å². The fourth-order valence-electron chi connectivity index (χ4n) is 0.861. The summed E-state index contributed by atoms with van der Waals surface area (Å²) >= 11 is 0. The van der Waals surface area contributed by atoms with Crippen molar-refractivity contribution in [3.8, 4) is 0 Å². The minimum absolute atomic E-state index is 0.00176. The summed E-state index contributed by atoms with van der Waals surface area (Å²) in [7, 11) is 1.51. The van der Waals surface area contributed by atoms with E-state index in [9.17, 15) is 4.79 Å². The summed E-state index contributed by atoms with van der Waals surface area (Å²) in [5, 5.41) is 9.82. The third-order valence-electron chi connectivity index (χ3n) is 1.52. The van der Waals surface area contributed by atoms with Gasteiger partial charge in [0, 0.05) is 12.6 Å². The molecule has 0 fully saturated rings. The second kappa shape index (κ2) is 3.67. The minimum atomic E-state index is -0.360. The highest BCUT2D eigenvalue weighted by atomic mass is 16.1. The van der Waals surface area contributed by atoms with Crippen LogP contribution in [0.25, 0.3) is 0 Å². The lowest BCUT2D eigenvalue weighted by Crippen LogP contribution is -2.27. The third-order valence-corrected chi connectivity index (χ3v) is 1.52. The van der Waals surface area contributed by atoms with Gasteiger partial charge in [0.15, 0.2) is 0 Å². The molecule has 0 bridgehead atoms. The highest BCUT2D eigenvalue weighted by molar-refractivity contribution is 6.43. The van der Waals surface area contributed by atoms with Crippen molar-refractivity contribution in [2.75, 3.05) is 7.05 Å². The number of hydrogen-bond donors (Lipinski definition) is 2. The number of rotatable bonds is 2. The van der Waals surface area contributed by atoms with Gasteiger partial charge in [-0.1, -0.05) is 30.3 Å². The number of hydrogen-bond acceptors (Lipinski definition) is 2. The smallest absolute Gasteiger partial charge is 0.269 e. The van der Waals surface area contributed by atoms with Crippen LogP contribution < -0.4 is 5.32 Å². The number of likely N-dealkylation sites (N-methyl/N-ethyl adjacent to an activating group) is 1. The minimum Gasteiger partial charge on any atom is -0.354 e. The molecule has 0 saturated carbocycles. The van der Waals surface area contributed by atoms with E-state index in [2.05, 4.69) is 5.32 Å². The zero-order valence-corrected chi connectivity index (χ0v) is 6.79. The Labute approximate surface area is 70.9 Å². The molecule has 1 aromatic carbocycles. The molecule has 0 aliphatic carbocycles. The molecule has 2 N–H and O–H groups in total. The SMILES string of the molecule is CNC(=O)C(=N)c1ccccc1. The number of carbonyl (C=O) groups excluding carboxylic acids is 1. The summed E-state index contributed by atoms with van der Waals surface area (Å²) in [6.07, 6.45) is 0. The van der Waals surface area contributed by atoms with Crippen LogP contribution in [0.1, 0.15) is 5.56 Å². The van der Waals surface area contributed by atoms with Gasteiger partial charge < -0.3 is 5.32 Å². The normalized spacial score (nSPS) is 9.08. The Morgan fingerprint density at radius 2 is 1.92 bits per heavy atom. The van der Waals surface area contributed by atoms with Crippen LogP contribution in [0.4, 0.5) is 0 Å². The van der Waals surface area contributed by atoms with E-state index in [0.717, 1.165) is 0 Å². The Hall–Kier alpha value is -1.64. The summed E-state index contributed by atoms with van der Waals surface area (Å²) in [6, 6.07) is 8.91. The van der Waals surface area contributed by atoms with Gasteiger partial charge in [0.2, 0.25) is 0 Å². The lowest BCUT2D eigenvalue weighted by atomic mass is 10.1. The van der Waals surface area contributed by atoms with Gasteiger partial charge in [-0.05, 0) is 0 Å². The zero-order valence-electron chi connectivity index (χ0n) is 6.79. The first kappa shape index (κ1) is 8.46. The summed E-state index contributed by atoms with van der Waals surface area (Å²) in [5.41, 5.74) is 0.634. The van der Waals surface area contributed by atoms with E-state index in [0.29, 0.717) is 5.56 Å². The molecule has 0 aliphatic rings. The van der Waals surface area contributed by atoms with Crippen LogP contribution in [0.5, 0.6) is 0 Å². The van der Waals surface area contributed by atoms with E-state index in [1.54, 1.807) is 24.3 Å². The molecule has 1 aromatic rings. The van der Waals surface area contributed by atoms with E-state index in [-0.39, 0.29) is 11.6 Å². The highest BCUT2D eigenvalue weighted by Crippen LogP contribution is 1.98. The number of carbonyl (C=O) groups is 1. The number of benzene rings is 1. The molecule has 62 valence electrons. The van der Waals surface area contributed by atoms with Crippen molar-refractivity contribution >= 4 is 11.6 Å². The monoisotopic (exact) mass is 162 g/mol. The van der Waals surface area contributed by atoms with Crippen LogP contribution in [0.3, 0.4) is 0 Å². The van der Waals surface area contributed by atoms with Gasteiger partial charge in [0.1, 0.15) is 5.71 Å². The zero-order chi connectivity index (χ0) is 8.97. The van der Waals surface area contributed by atoms with Crippen molar-refractivity contribution in [2.24, 2.45) is 0 Å². The third kappa shape index (κ3) is 1.69. The Balaban J connectivity index is 2.86. The van der Waals surface area contributed by atoms with Crippen molar-refractivity contribution in [3.05, 3.63) is 35.9 Å². The molecule has 0 saturated heterocycles. The van der Waals surface area contributed by atoms with Crippen molar-refractivity contribution in [1.82, 2.24) is 5.32 Å². The molecule has 0 spiro atoms. The van der Waals surface area contributed by atoms with E-state index in [4.69, 9.17) is 5.41 Å². The highest BCUT2D eigenvalue weighted by Gasteiger charge is 2.07. The maximum absolute atomic E-state index is 11.0. The Kier molecular flexibility index (Phi) is 2.58. The van der Waals surface area contributed by atoms with Gasteiger partial charge in [0.05, 0.1) is 0 Å². The van der Waals surface area contributed by atoms with Gasteiger partial charge in [-0.2, -0.15) is 0 Å². The average Bonchev–Trinajstić information content (AvgIpc) is 2.17. The van der Waals surface area contributed by atoms with Gasteiger partial charge in [-0.25, -0.2) is 0 Å². The van der Waals surface area contributed by atoms with Gasteiger partial charge in [0.25, 0.3) is 5.91 Å². The maximum Gasteiger partial charge on any atom is 0.269 e. The van der Waals surface area contributed by atoms with Crippen LogP contribution >= 0.6 is 0 Å². The lowest BCUT2D eigenvalue weighted by molar-refractivity contribution is -0.114. The lowest BCUT2D eigenvalue weighted by Gasteiger charge is -2.00. The van der Waals surface area contributed by atoms with Crippen molar-refractivity contribution in [1.29, 1.82) is 5.41 Å². The van der Waals surface area contributed by atoms with Gasteiger partial charge >= 0.3 is 0 Å². The fourth-order valence-corrected chi connectivity index (χ4v) is 0.861. The molecular weight excluding hydrogens is 152 g/mol. The predicted octanol–water partition coefficient (Wildman–Crippen LogP) is 0.800. The second-order valence-electron chi connectivity index (χ2n) is 2.32. The van der Waals surface area contributed by atoms with Gasteiger partial charge in [-0.15, -0.1) is 0 Å². The molecule has 3 nitrogen and oxygen atoms in total. The Bertz CT molecular complexity index is 293. The number of nitrogens with one attached hydrogen (secondary N) is 2. The largest absolute Gasteiger partial charge is 0.354 e. The summed E-state index contributed by atoms with van der Waals surface area (Å²) in [5.74, 6) is -0.360. The quantitative estimate of drug-likeness (QED) is 0.621. The fraction of sp³-hybridized carbons (Fsp3) is 0.111. The molecule has 3 heteroatoms. The van der Waals surface area contributed by atoms with Crippen LogP contribution in [0.15, 0.2) is 30.3 Å². The molecule has 0 unspecified atom stereocenters. The van der Waals surface area contributed by atoms with E-state index < -0.39 is 0 Å². The molecule has 12 heavy (non-hydrogen) atoms. The van der Waals surface area contributed by atoms with Crippen LogP contribution in [0, 0.1) is 5.41 Å². The first-order valence-electron chi connectivity index (χ1n) is 3.61. The topological polar surface area (TPSA) is 53.0 Å². The molecule has 0 aromatic heterocycles. The summed E-state index contributed by atoms with van der Waals surface area (Å²) in [6.45, 7) is 0. The van der Waals surface area contributed by atoms with E-state index in [1.807, 2.05) is 6.07 Å². The first-order valence-corrected chi connectivity index (χ1v) is 3.61. The molecular formula is C9H10N2O. The van der Waals surface area contributed by atoms with Crippen LogP contribution in [0.2, 0.25) is 0 Å². The molecule has 1 rings (SSSR count). The molecule has 0 aliphatic heterocycles. The summed E-state index contributed by atoms with van der Waals surface area (Å²) in [4.78, 5) is 11.0. The van der Waals surface area contributed by atoms with Crippen LogP contribution in [-0.4, -0.2) is 18.7 Å². The van der Waals surface area contributed by atoms with Crippen molar-refractivity contribution in [3.63, 3.8) is 0 Å². The van der Waals surface area contributed by atoms with Crippen molar-refractivity contribution < 1.29 is 4.79 Å². The first-order chi connectivity index (χ1) is 5.75. The molecule has 0 heterocycles. The predicted molar refractivity (Wildman–Crippen MR) is 47.3 cm³/mol. The number of amides is 1. The van der Waals surface area contributed by atoms with E-state index >= 15 is 0 Å². The van der Waals surface area contributed by atoms with E-state index in [1.165, 1.54) is 7.05 Å². The standard InChI is InChI=1S/C9H10N2O/c1-11-9(12)8(10)7-5-3-2-4-6-7/h2-6,10H,1H3,(H,11,12). The molecule has 1 amide bonds. The van der Waals surface area contributed by atoms with Crippen molar-refractivity contribution in [2.45, 2.75) is 0 Å².